The van der Waals surface area contributed by atoms with Gasteiger partial charge in [0.05, 0.1) is 16.7 Å². The van der Waals surface area contributed by atoms with E-state index in [-0.39, 0.29) is 22.7 Å². The molecule has 2 aromatic rings. The maximum Gasteiger partial charge on any atom is 0.494 e. The molecule has 0 N–H and O–H groups in total. The predicted molar refractivity (Wildman–Crippen MR) is 99.0 cm³/mol. The second-order valence-electron chi connectivity index (χ2n) is 8.01. The van der Waals surface area contributed by atoms with E-state index < -0.39 is 7.12 Å². The molecule has 3 rings (SSSR count). The maximum atomic E-state index is 12.5. The van der Waals surface area contributed by atoms with E-state index in [9.17, 15) is 4.79 Å². The quantitative estimate of drug-likeness (QED) is 0.796. The van der Waals surface area contributed by atoms with Gasteiger partial charge in [0.25, 0.3) is 0 Å². The predicted octanol–water partition coefficient (Wildman–Crippen LogP) is 3.19. The topological polar surface area (TPSA) is 40.5 Å². The zero-order chi connectivity index (χ0) is 17.9. The van der Waals surface area contributed by atoms with Gasteiger partial charge in [0, 0.05) is 23.2 Å². The first-order valence-electron chi connectivity index (χ1n) is 8.54. The number of rotatable bonds is 2. The number of hydrogen-bond donors (Lipinski definition) is 0. The highest BCUT2D eigenvalue weighted by Crippen LogP contribution is 2.36. The Kier molecular flexibility index (Phi) is 3.93. The standard InChI is InChI=1S/C19H26BNO3/c1-12(2)21-11-13(3)17(22)15-9-8-14(10-16(15)21)20-23-18(4,5)19(6,7)24-20/h8-12H,1-7H3. The van der Waals surface area contributed by atoms with Crippen molar-refractivity contribution in [2.45, 2.75) is 65.7 Å². The number of fused-ring (bicyclic) bond motifs is 1. The van der Waals surface area contributed by atoms with Crippen molar-refractivity contribution < 1.29 is 9.31 Å². The monoisotopic (exact) mass is 327 g/mol. The fourth-order valence-electron chi connectivity index (χ4n) is 3.06. The number of aryl methyl sites for hydroxylation is 1. The summed E-state index contributed by atoms with van der Waals surface area (Å²) < 4.78 is 14.4. The van der Waals surface area contributed by atoms with Gasteiger partial charge in [0.2, 0.25) is 0 Å². The summed E-state index contributed by atoms with van der Waals surface area (Å²) in [7, 11) is -0.420. The van der Waals surface area contributed by atoms with Crippen LogP contribution in [0.25, 0.3) is 10.9 Å². The Morgan fingerprint density at radius 3 is 2.21 bits per heavy atom. The molecule has 0 spiro atoms. The second-order valence-corrected chi connectivity index (χ2v) is 8.01. The molecule has 1 aliphatic rings. The van der Waals surface area contributed by atoms with Gasteiger partial charge in [-0.25, -0.2) is 0 Å². The van der Waals surface area contributed by atoms with Gasteiger partial charge < -0.3 is 13.9 Å². The number of nitrogens with zero attached hydrogens (tertiary/aromatic N) is 1. The van der Waals surface area contributed by atoms with Crippen molar-refractivity contribution in [3.63, 3.8) is 0 Å². The third-order valence-electron chi connectivity index (χ3n) is 5.32. The first-order chi connectivity index (χ1) is 11.0. The first-order valence-corrected chi connectivity index (χ1v) is 8.54. The smallest absolute Gasteiger partial charge is 0.399 e. The molecule has 0 unspecified atom stereocenters. The van der Waals surface area contributed by atoms with Crippen LogP contribution in [0.1, 0.15) is 53.1 Å². The minimum absolute atomic E-state index is 0.0855. The highest BCUT2D eigenvalue weighted by Gasteiger charge is 2.51. The molecule has 0 atom stereocenters. The molecule has 0 bridgehead atoms. The summed E-state index contributed by atoms with van der Waals surface area (Å²) in [6, 6.07) is 6.12. The van der Waals surface area contributed by atoms with Crippen LogP contribution in [0.3, 0.4) is 0 Å². The molecule has 1 aromatic carbocycles. The van der Waals surface area contributed by atoms with Crippen molar-refractivity contribution in [2.24, 2.45) is 0 Å². The average Bonchev–Trinajstić information content (AvgIpc) is 2.70. The minimum atomic E-state index is -0.420. The average molecular weight is 327 g/mol. The molecule has 24 heavy (non-hydrogen) atoms. The molecule has 0 amide bonds. The van der Waals surface area contributed by atoms with Crippen LogP contribution in [0.5, 0.6) is 0 Å². The van der Waals surface area contributed by atoms with E-state index >= 15 is 0 Å². The zero-order valence-corrected chi connectivity index (χ0v) is 15.6. The van der Waals surface area contributed by atoms with Crippen LogP contribution in [-0.2, 0) is 9.31 Å². The third kappa shape index (κ3) is 2.60. The normalized spacial score (nSPS) is 19.4. The van der Waals surface area contributed by atoms with Crippen molar-refractivity contribution in [3.8, 4) is 0 Å². The Bertz CT molecular complexity index is 836. The van der Waals surface area contributed by atoms with Crippen LogP contribution >= 0.6 is 0 Å². The number of pyridine rings is 1. The molecule has 0 aliphatic carbocycles. The van der Waals surface area contributed by atoms with Gasteiger partial charge in [-0.15, -0.1) is 0 Å². The number of benzene rings is 1. The highest BCUT2D eigenvalue weighted by atomic mass is 16.7. The van der Waals surface area contributed by atoms with Crippen molar-refractivity contribution in [2.75, 3.05) is 0 Å². The minimum Gasteiger partial charge on any atom is -0.399 e. The van der Waals surface area contributed by atoms with E-state index in [4.69, 9.17) is 9.31 Å². The fraction of sp³-hybridized carbons (Fsp3) is 0.526. The molecule has 0 saturated carbocycles. The second kappa shape index (κ2) is 5.46. The fourth-order valence-corrected chi connectivity index (χ4v) is 3.06. The molecular formula is C19H26BNO3. The van der Waals surface area contributed by atoms with Gasteiger partial charge in [-0.05, 0) is 66.1 Å². The van der Waals surface area contributed by atoms with E-state index in [1.165, 1.54) is 0 Å². The summed E-state index contributed by atoms with van der Waals surface area (Å²) in [6.07, 6.45) is 1.93. The lowest BCUT2D eigenvalue weighted by Crippen LogP contribution is -2.41. The molecule has 1 aromatic heterocycles. The number of aromatic nitrogens is 1. The lowest BCUT2D eigenvalue weighted by Gasteiger charge is -2.32. The lowest BCUT2D eigenvalue weighted by atomic mass is 9.78. The first kappa shape index (κ1) is 17.2. The Hall–Kier alpha value is -1.59. The summed E-state index contributed by atoms with van der Waals surface area (Å²) in [4.78, 5) is 12.5. The van der Waals surface area contributed by atoms with E-state index in [1.54, 1.807) is 0 Å². The molecule has 0 radical (unpaired) electrons. The Morgan fingerprint density at radius 1 is 1.08 bits per heavy atom. The summed E-state index contributed by atoms with van der Waals surface area (Å²) in [6.45, 7) is 14.3. The highest BCUT2D eigenvalue weighted by molar-refractivity contribution is 6.62. The largest absolute Gasteiger partial charge is 0.494 e. The van der Waals surface area contributed by atoms with E-state index in [0.717, 1.165) is 21.9 Å². The summed E-state index contributed by atoms with van der Waals surface area (Å²) in [5.74, 6) is 0. The summed E-state index contributed by atoms with van der Waals surface area (Å²) >= 11 is 0. The van der Waals surface area contributed by atoms with Gasteiger partial charge in [0.15, 0.2) is 5.43 Å². The van der Waals surface area contributed by atoms with Gasteiger partial charge in [-0.1, -0.05) is 6.07 Å². The SMILES string of the molecule is Cc1cn(C(C)C)c2cc(B3OC(C)(C)C(C)(C)O3)ccc2c1=O. The van der Waals surface area contributed by atoms with Crippen molar-refractivity contribution >= 4 is 23.5 Å². The van der Waals surface area contributed by atoms with Crippen LogP contribution < -0.4 is 10.9 Å². The molecule has 4 nitrogen and oxygen atoms in total. The maximum absolute atomic E-state index is 12.5. The lowest BCUT2D eigenvalue weighted by molar-refractivity contribution is 0.00578. The number of hydrogen-bond acceptors (Lipinski definition) is 3. The third-order valence-corrected chi connectivity index (χ3v) is 5.32. The van der Waals surface area contributed by atoms with Crippen molar-refractivity contribution in [1.82, 2.24) is 4.57 Å². The molecule has 128 valence electrons. The summed E-state index contributed by atoms with van der Waals surface area (Å²) in [5, 5.41) is 0.740. The van der Waals surface area contributed by atoms with Gasteiger partial charge in [0.1, 0.15) is 0 Å². The Morgan fingerprint density at radius 2 is 1.67 bits per heavy atom. The van der Waals surface area contributed by atoms with Gasteiger partial charge in [-0.2, -0.15) is 0 Å². The van der Waals surface area contributed by atoms with Gasteiger partial charge >= 0.3 is 7.12 Å². The van der Waals surface area contributed by atoms with E-state index in [2.05, 4.69) is 18.4 Å². The molecule has 2 heterocycles. The summed E-state index contributed by atoms with van der Waals surface area (Å²) in [5.41, 5.74) is 1.96. The van der Waals surface area contributed by atoms with E-state index in [1.807, 2.05) is 59.0 Å². The van der Waals surface area contributed by atoms with Crippen LogP contribution in [0.4, 0.5) is 0 Å². The molecule has 5 heteroatoms. The Balaban J connectivity index is 2.15. The van der Waals surface area contributed by atoms with Crippen molar-refractivity contribution in [3.05, 3.63) is 40.2 Å². The molecule has 1 fully saturated rings. The van der Waals surface area contributed by atoms with Crippen LogP contribution in [0, 0.1) is 6.92 Å². The zero-order valence-electron chi connectivity index (χ0n) is 15.6. The molecule has 1 aliphatic heterocycles. The van der Waals surface area contributed by atoms with Crippen LogP contribution in [0.2, 0.25) is 0 Å². The molecular weight excluding hydrogens is 301 g/mol. The van der Waals surface area contributed by atoms with Gasteiger partial charge in [-0.3, -0.25) is 4.79 Å². The van der Waals surface area contributed by atoms with Crippen LogP contribution in [0.15, 0.2) is 29.2 Å². The molecule has 1 saturated heterocycles. The van der Waals surface area contributed by atoms with Crippen LogP contribution in [-0.4, -0.2) is 22.9 Å². The Labute approximate surface area is 143 Å². The van der Waals surface area contributed by atoms with E-state index in [0.29, 0.717) is 0 Å². The van der Waals surface area contributed by atoms with Crippen molar-refractivity contribution in [1.29, 1.82) is 0 Å².